The van der Waals surface area contributed by atoms with Gasteiger partial charge in [0.2, 0.25) is 0 Å². The third kappa shape index (κ3) is 4.72. The molecule has 0 heterocycles. The predicted molar refractivity (Wildman–Crippen MR) is 84.8 cm³/mol. The van der Waals surface area contributed by atoms with Gasteiger partial charge in [-0.25, -0.2) is 0 Å². The number of anilines is 1. The summed E-state index contributed by atoms with van der Waals surface area (Å²) in [5, 5.41) is 0. The first kappa shape index (κ1) is 16.3. The Bertz CT molecular complexity index is 464. The zero-order valence-corrected chi connectivity index (χ0v) is 13.1. The van der Waals surface area contributed by atoms with Gasteiger partial charge in [0.25, 0.3) is 0 Å². The van der Waals surface area contributed by atoms with E-state index in [4.69, 9.17) is 4.74 Å². The summed E-state index contributed by atoms with van der Waals surface area (Å²) in [7, 11) is 2.08. The second kappa shape index (κ2) is 7.73. The molecule has 20 heavy (non-hydrogen) atoms. The van der Waals surface area contributed by atoms with Crippen LogP contribution in [0.3, 0.4) is 0 Å². The Labute approximate surface area is 122 Å². The van der Waals surface area contributed by atoms with E-state index < -0.39 is 0 Å². The highest BCUT2D eigenvalue weighted by Gasteiger charge is 2.08. The van der Waals surface area contributed by atoms with Crippen LogP contribution in [0, 0.1) is 5.92 Å². The molecular formula is C17H25NO2. The second-order valence-electron chi connectivity index (χ2n) is 5.45. The lowest BCUT2D eigenvalue weighted by Crippen LogP contribution is -2.26. The van der Waals surface area contributed by atoms with Gasteiger partial charge >= 0.3 is 5.97 Å². The van der Waals surface area contributed by atoms with Crippen LogP contribution in [0.5, 0.6) is 0 Å². The van der Waals surface area contributed by atoms with Gasteiger partial charge in [0.15, 0.2) is 0 Å². The third-order valence-corrected chi connectivity index (χ3v) is 3.18. The van der Waals surface area contributed by atoms with Gasteiger partial charge < -0.3 is 9.64 Å². The molecule has 0 aliphatic heterocycles. The van der Waals surface area contributed by atoms with Crippen molar-refractivity contribution in [1.82, 2.24) is 0 Å². The van der Waals surface area contributed by atoms with Crippen LogP contribution in [0.2, 0.25) is 0 Å². The highest BCUT2D eigenvalue weighted by Crippen LogP contribution is 2.22. The Morgan fingerprint density at radius 3 is 2.50 bits per heavy atom. The van der Waals surface area contributed by atoms with Gasteiger partial charge in [0.1, 0.15) is 6.61 Å². The SMILES string of the molecule is CC(C)C(=O)OC/C=C/c1ccccc1N(C)C(C)C. The summed E-state index contributed by atoms with van der Waals surface area (Å²) in [6, 6.07) is 8.64. The lowest BCUT2D eigenvalue weighted by molar-refractivity contribution is -0.145. The highest BCUT2D eigenvalue weighted by molar-refractivity contribution is 5.72. The first-order valence-electron chi connectivity index (χ1n) is 7.08. The summed E-state index contributed by atoms with van der Waals surface area (Å²) in [5.41, 5.74) is 2.30. The Morgan fingerprint density at radius 2 is 1.90 bits per heavy atom. The summed E-state index contributed by atoms with van der Waals surface area (Å²) in [5.74, 6) is -0.245. The standard InChI is InChI=1S/C17H25NO2/c1-13(2)17(19)20-12-8-10-15-9-6-7-11-16(15)18(5)14(3)4/h6-11,13-14H,12H2,1-5H3/b10-8+. The zero-order chi connectivity index (χ0) is 15.1. The summed E-state index contributed by atoms with van der Waals surface area (Å²) >= 11 is 0. The van der Waals surface area contributed by atoms with Crippen molar-refractivity contribution in [2.24, 2.45) is 5.92 Å². The van der Waals surface area contributed by atoms with Crippen LogP contribution in [0.4, 0.5) is 5.69 Å². The summed E-state index contributed by atoms with van der Waals surface area (Å²) in [6.45, 7) is 8.30. The molecule has 0 bridgehead atoms. The van der Waals surface area contributed by atoms with Crippen molar-refractivity contribution < 1.29 is 9.53 Å². The van der Waals surface area contributed by atoms with Gasteiger partial charge in [-0.1, -0.05) is 38.1 Å². The topological polar surface area (TPSA) is 29.5 Å². The Kier molecular flexibility index (Phi) is 6.29. The van der Waals surface area contributed by atoms with E-state index in [1.807, 2.05) is 38.1 Å². The van der Waals surface area contributed by atoms with Gasteiger partial charge in [-0.15, -0.1) is 0 Å². The number of nitrogens with zero attached hydrogens (tertiary/aromatic N) is 1. The summed E-state index contributed by atoms with van der Waals surface area (Å²) < 4.78 is 5.13. The van der Waals surface area contributed by atoms with Gasteiger partial charge in [-0.3, -0.25) is 4.79 Å². The van der Waals surface area contributed by atoms with Gasteiger partial charge in [0, 0.05) is 18.8 Å². The molecule has 1 rings (SSSR count). The van der Waals surface area contributed by atoms with Gasteiger partial charge in [0.05, 0.1) is 5.92 Å². The molecule has 0 saturated heterocycles. The number of hydrogen-bond donors (Lipinski definition) is 0. The van der Waals surface area contributed by atoms with E-state index in [2.05, 4.69) is 37.9 Å². The molecule has 0 N–H and O–H groups in total. The zero-order valence-electron chi connectivity index (χ0n) is 13.1. The van der Waals surface area contributed by atoms with Crippen LogP contribution in [0.25, 0.3) is 6.08 Å². The number of benzene rings is 1. The van der Waals surface area contributed by atoms with Gasteiger partial charge in [-0.2, -0.15) is 0 Å². The van der Waals surface area contributed by atoms with Crippen LogP contribution in [-0.4, -0.2) is 25.7 Å². The Balaban J connectivity index is 2.70. The number of esters is 1. The van der Waals surface area contributed by atoms with Crippen molar-refractivity contribution in [3.05, 3.63) is 35.9 Å². The largest absolute Gasteiger partial charge is 0.461 e. The number of ether oxygens (including phenoxy) is 1. The average molecular weight is 275 g/mol. The Hall–Kier alpha value is -1.77. The van der Waals surface area contributed by atoms with E-state index in [0.29, 0.717) is 12.6 Å². The van der Waals surface area contributed by atoms with Crippen LogP contribution in [0.1, 0.15) is 33.3 Å². The van der Waals surface area contributed by atoms with Crippen molar-refractivity contribution in [1.29, 1.82) is 0 Å². The molecule has 0 amide bonds. The predicted octanol–water partition coefficient (Wildman–Crippen LogP) is 3.74. The number of rotatable bonds is 6. The molecule has 0 aromatic heterocycles. The van der Waals surface area contributed by atoms with Crippen molar-refractivity contribution in [3.63, 3.8) is 0 Å². The van der Waals surface area contributed by atoms with Crippen LogP contribution in [-0.2, 0) is 9.53 Å². The quantitative estimate of drug-likeness (QED) is 0.741. The first-order chi connectivity index (χ1) is 9.43. The number of carbonyl (C=O) groups is 1. The maximum absolute atomic E-state index is 11.4. The maximum atomic E-state index is 11.4. The molecule has 1 aromatic carbocycles. The fourth-order valence-corrected chi connectivity index (χ4v) is 1.70. The molecule has 3 heteroatoms. The van der Waals surface area contributed by atoms with E-state index in [0.717, 1.165) is 5.56 Å². The molecule has 0 saturated carbocycles. The second-order valence-corrected chi connectivity index (χ2v) is 5.45. The molecule has 0 atom stereocenters. The molecular weight excluding hydrogens is 250 g/mol. The molecule has 0 fully saturated rings. The summed E-state index contributed by atoms with van der Waals surface area (Å²) in [4.78, 5) is 13.6. The minimum absolute atomic E-state index is 0.0808. The molecule has 0 aliphatic rings. The molecule has 0 unspecified atom stereocenters. The third-order valence-electron chi connectivity index (χ3n) is 3.18. The number of para-hydroxylation sites is 1. The monoisotopic (exact) mass is 275 g/mol. The van der Waals surface area contributed by atoms with Crippen molar-refractivity contribution in [3.8, 4) is 0 Å². The molecule has 3 nitrogen and oxygen atoms in total. The van der Waals surface area contributed by atoms with E-state index in [1.54, 1.807) is 0 Å². The van der Waals surface area contributed by atoms with Crippen LogP contribution >= 0.6 is 0 Å². The lowest BCUT2D eigenvalue weighted by Gasteiger charge is -2.25. The fourth-order valence-electron chi connectivity index (χ4n) is 1.70. The molecule has 1 aromatic rings. The highest BCUT2D eigenvalue weighted by atomic mass is 16.5. The molecule has 110 valence electrons. The van der Waals surface area contributed by atoms with Crippen molar-refractivity contribution >= 4 is 17.7 Å². The normalized spacial score (nSPS) is 11.3. The number of carbonyl (C=O) groups excluding carboxylic acids is 1. The van der Waals surface area contributed by atoms with E-state index in [-0.39, 0.29) is 11.9 Å². The smallest absolute Gasteiger partial charge is 0.308 e. The fraction of sp³-hybridized carbons (Fsp3) is 0.471. The van der Waals surface area contributed by atoms with Crippen molar-refractivity contribution in [2.75, 3.05) is 18.6 Å². The van der Waals surface area contributed by atoms with Crippen LogP contribution in [0.15, 0.2) is 30.3 Å². The van der Waals surface area contributed by atoms with Crippen LogP contribution < -0.4 is 4.90 Å². The minimum atomic E-state index is -0.165. The molecule has 0 radical (unpaired) electrons. The van der Waals surface area contributed by atoms with Gasteiger partial charge in [-0.05, 0) is 31.6 Å². The first-order valence-corrected chi connectivity index (χ1v) is 7.08. The Morgan fingerprint density at radius 1 is 1.25 bits per heavy atom. The lowest BCUT2D eigenvalue weighted by atomic mass is 10.1. The summed E-state index contributed by atoms with van der Waals surface area (Å²) in [6.07, 6.45) is 3.88. The average Bonchev–Trinajstić information content (AvgIpc) is 2.42. The minimum Gasteiger partial charge on any atom is -0.461 e. The van der Waals surface area contributed by atoms with E-state index in [9.17, 15) is 4.79 Å². The number of hydrogen-bond acceptors (Lipinski definition) is 3. The van der Waals surface area contributed by atoms with E-state index >= 15 is 0 Å². The molecule has 0 aliphatic carbocycles. The van der Waals surface area contributed by atoms with E-state index in [1.165, 1.54) is 5.69 Å². The molecule has 0 spiro atoms. The maximum Gasteiger partial charge on any atom is 0.308 e. The van der Waals surface area contributed by atoms with Crippen molar-refractivity contribution in [2.45, 2.75) is 33.7 Å².